The molecule has 1 saturated heterocycles. The zero-order chi connectivity index (χ0) is 16.7. The fraction of sp³-hybridized carbons (Fsp3) is 0.474. The quantitative estimate of drug-likeness (QED) is 0.824. The van der Waals surface area contributed by atoms with Gasteiger partial charge in [-0.3, -0.25) is 4.79 Å². The zero-order valence-electron chi connectivity index (χ0n) is 13.7. The molecule has 1 aromatic carbocycles. The Hall–Kier alpha value is -1.75. The second-order valence-electron chi connectivity index (χ2n) is 6.87. The second-order valence-corrected chi connectivity index (χ2v) is 7.76. The lowest BCUT2D eigenvalue weighted by Crippen LogP contribution is -2.39. The number of aryl methyl sites for hydroxylation is 1. The van der Waals surface area contributed by atoms with Gasteiger partial charge >= 0.3 is 0 Å². The number of aromatic nitrogens is 1. The Balaban J connectivity index is 1.51. The Morgan fingerprint density at radius 1 is 1.38 bits per heavy atom. The molecule has 1 saturated carbocycles. The Morgan fingerprint density at radius 3 is 3.00 bits per heavy atom. The molecule has 0 N–H and O–H groups in total. The maximum absolute atomic E-state index is 13.4. The molecule has 1 aromatic heterocycles. The molecular formula is C19H21FN2OS. The molecule has 0 radical (unpaired) electrons. The van der Waals surface area contributed by atoms with Crippen LogP contribution in [0.5, 0.6) is 0 Å². The fourth-order valence-corrected chi connectivity index (χ4v) is 4.71. The van der Waals surface area contributed by atoms with Gasteiger partial charge in [-0.25, -0.2) is 9.37 Å². The van der Waals surface area contributed by atoms with Crippen molar-refractivity contribution in [2.45, 2.75) is 44.6 Å². The summed E-state index contributed by atoms with van der Waals surface area (Å²) in [7, 11) is 0. The molecule has 2 fully saturated rings. The summed E-state index contributed by atoms with van der Waals surface area (Å²) in [5.74, 6) is 0.184. The number of piperidine rings is 1. The Kier molecular flexibility index (Phi) is 4.12. The SMILES string of the molecule is Cc1csc([C@@H]2CCCCN2C(=O)[C@@H]2C[C@@H]2c2cccc(F)c2)n1. The molecular weight excluding hydrogens is 323 g/mol. The lowest BCUT2D eigenvalue weighted by Gasteiger charge is -2.35. The van der Waals surface area contributed by atoms with Gasteiger partial charge in [-0.2, -0.15) is 0 Å². The molecule has 2 heterocycles. The summed E-state index contributed by atoms with van der Waals surface area (Å²) < 4.78 is 13.4. The van der Waals surface area contributed by atoms with E-state index in [0.717, 1.165) is 48.5 Å². The minimum atomic E-state index is -0.222. The van der Waals surface area contributed by atoms with Gasteiger partial charge in [0.15, 0.2) is 0 Å². The largest absolute Gasteiger partial charge is 0.333 e. The van der Waals surface area contributed by atoms with Crippen molar-refractivity contribution < 1.29 is 9.18 Å². The van der Waals surface area contributed by atoms with Gasteiger partial charge in [-0.15, -0.1) is 11.3 Å². The van der Waals surface area contributed by atoms with Gasteiger partial charge in [0, 0.05) is 23.5 Å². The Labute approximate surface area is 145 Å². The van der Waals surface area contributed by atoms with Crippen LogP contribution in [0.2, 0.25) is 0 Å². The molecule has 1 amide bonds. The van der Waals surface area contributed by atoms with Crippen molar-refractivity contribution >= 4 is 17.2 Å². The first kappa shape index (κ1) is 15.8. The number of hydrogen-bond acceptors (Lipinski definition) is 3. The molecule has 2 aliphatic rings. The van der Waals surface area contributed by atoms with E-state index in [-0.39, 0.29) is 29.6 Å². The number of carbonyl (C=O) groups excluding carboxylic acids is 1. The van der Waals surface area contributed by atoms with E-state index in [9.17, 15) is 9.18 Å². The monoisotopic (exact) mass is 344 g/mol. The first-order chi connectivity index (χ1) is 11.6. The topological polar surface area (TPSA) is 33.2 Å². The minimum absolute atomic E-state index is 0.00783. The number of amides is 1. The van der Waals surface area contributed by atoms with Crippen LogP contribution in [-0.4, -0.2) is 22.3 Å². The van der Waals surface area contributed by atoms with Crippen LogP contribution in [0, 0.1) is 18.7 Å². The molecule has 0 unspecified atom stereocenters. The summed E-state index contributed by atoms with van der Waals surface area (Å²) >= 11 is 1.65. The van der Waals surface area contributed by atoms with Crippen LogP contribution in [0.3, 0.4) is 0 Å². The highest BCUT2D eigenvalue weighted by Gasteiger charge is 2.47. The van der Waals surface area contributed by atoms with Crippen molar-refractivity contribution in [1.82, 2.24) is 9.88 Å². The van der Waals surface area contributed by atoms with Crippen LogP contribution in [0.4, 0.5) is 4.39 Å². The molecule has 1 aliphatic carbocycles. The summed E-state index contributed by atoms with van der Waals surface area (Å²) in [6.07, 6.45) is 4.04. The zero-order valence-corrected chi connectivity index (χ0v) is 14.6. The second kappa shape index (κ2) is 6.28. The van der Waals surface area contributed by atoms with E-state index < -0.39 is 0 Å². The fourth-order valence-electron chi connectivity index (χ4n) is 3.76. The number of carbonyl (C=O) groups is 1. The molecule has 0 bridgehead atoms. The van der Waals surface area contributed by atoms with Crippen molar-refractivity contribution in [2.24, 2.45) is 5.92 Å². The van der Waals surface area contributed by atoms with Gasteiger partial charge in [0.05, 0.1) is 6.04 Å². The van der Waals surface area contributed by atoms with Crippen LogP contribution < -0.4 is 0 Å². The number of rotatable bonds is 3. The molecule has 2 aromatic rings. The van der Waals surface area contributed by atoms with Gasteiger partial charge in [0.25, 0.3) is 0 Å². The molecule has 24 heavy (non-hydrogen) atoms. The highest BCUT2D eigenvalue weighted by Crippen LogP contribution is 2.50. The van der Waals surface area contributed by atoms with Crippen molar-refractivity contribution in [3.8, 4) is 0 Å². The standard InChI is InChI=1S/C19H21FN2OS/c1-12-11-24-18(21-12)17-7-2-3-8-22(17)19(23)16-10-15(16)13-5-4-6-14(20)9-13/h4-6,9,11,15-17H,2-3,7-8,10H2,1H3/t15-,16-,17+/m1/s1. The van der Waals surface area contributed by atoms with Crippen LogP contribution in [0.25, 0.3) is 0 Å². The maximum Gasteiger partial charge on any atom is 0.226 e. The van der Waals surface area contributed by atoms with Gasteiger partial charge in [0.1, 0.15) is 10.8 Å². The highest BCUT2D eigenvalue weighted by molar-refractivity contribution is 7.09. The average Bonchev–Trinajstić information content (AvgIpc) is 3.28. The van der Waals surface area contributed by atoms with Crippen molar-refractivity contribution in [3.63, 3.8) is 0 Å². The van der Waals surface area contributed by atoms with Gasteiger partial charge in [-0.05, 0) is 56.2 Å². The lowest BCUT2D eigenvalue weighted by molar-refractivity contribution is -0.136. The Morgan fingerprint density at radius 2 is 2.25 bits per heavy atom. The third-order valence-corrected chi connectivity index (χ3v) is 6.16. The summed E-state index contributed by atoms with van der Waals surface area (Å²) in [6.45, 7) is 2.81. The van der Waals surface area contributed by atoms with Crippen molar-refractivity contribution in [3.05, 3.63) is 51.7 Å². The molecule has 3 nitrogen and oxygen atoms in total. The van der Waals surface area contributed by atoms with Gasteiger partial charge in [0.2, 0.25) is 5.91 Å². The summed E-state index contributed by atoms with van der Waals surface area (Å²) in [4.78, 5) is 19.7. The first-order valence-corrected chi connectivity index (χ1v) is 9.49. The normalized spacial score (nSPS) is 26.4. The highest BCUT2D eigenvalue weighted by atomic mass is 32.1. The number of hydrogen-bond donors (Lipinski definition) is 0. The van der Waals surface area contributed by atoms with E-state index >= 15 is 0 Å². The van der Waals surface area contributed by atoms with Gasteiger partial charge < -0.3 is 4.90 Å². The average molecular weight is 344 g/mol. The van der Waals surface area contributed by atoms with Crippen molar-refractivity contribution in [2.75, 3.05) is 6.54 Å². The molecule has 0 spiro atoms. The van der Waals surface area contributed by atoms with Crippen molar-refractivity contribution in [1.29, 1.82) is 0 Å². The van der Waals surface area contributed by atoms with Crippen LogP contribution in [0.1, 0.15) is 53.9 Å². The van der Waals surface area contributed by atoms with E-state index in [1.54, 1.807) is 23.5 Å². The van der Waals surface area contributed by atoms with E-state index in [0.29, 0.717) is 0 Å². The summed E-state index contributed by atoms with van der Waals surface area (Å²) in [5.41, 5.74) is 1.98. The minimum Gasteiger partial charge on any atom is -0.333 e. The van der Waals surface area contributed by atoms with Crippen LogP contribution in [-0.2, 0) is 4.79 Å². The third-order valence-electron chi connectivity index (χ3n) is 5.09. The Bertz CT molecular complexity index is 759. The van der Waals surface area contributed by atoms with E-state index in [4.69, 9.17) is 0 Å². The molecule has 126 valence electrons. The number of benzene rings is 1. The van der Waals surface area contributed by atoms with Crippen LogP contribution in [0.15, 0.2) is 29.6 Å². The predicted octanol–water partition coefficient (Wildman–Crippen LogP) is 4.45. The molecule has 4 rings (SSSR count). The van der Waals surface area contributed by atoms with Crippen LogP contribution >= 0.6 is 11.3 Å². The first-order valence-electron chi connectivity index (χ1n) is 8.61. The molecule has 5 heteroatoms. The summed E-state index contributed by atoms with van der Waals surface area (Å²) in [5, 5.41) is 3.11. The number of halogens is 1. The lowest BCUT2D eigenvalue weighted by atomic mass is 10.0. The maximum atomic E-state index is 13.4. The van der Waals surface area contributed by atoms with E-state index in [1.807, 2.05) is 17.9 Å². The number of likely N-dealkylation sites (tertiary alicyclic amines) is 1. The van der Waals surface area contributed by atoms with Gasteiger partial charge in [-0.1, -0.05) is 12.1 Å². The predicted molar refractivity (Wildman–Crippen MR) is 92.4 cm³/mol. The number of thiazole rings is 1. The number of nitrogens with zero attached hydrogens (tertiary/aromatic N) is 2. The molecule has 1 aliphatic heterocycles. The molecule has 3 atom stereocenters. The van der Waals surface area contributed by atoms with E-state index in [1.165, 1.54) is 6.07 Å². The van der Waals surface area contributed by atoms with E-state index in [2.05, 4.69) is 10.4 Å². The smallest absolute Gasteiger partial charge is 0.226 e. The third kappa shape index (κ3) is 2.97. The summed E-state index contributed by atoms with van der Waals surface area (Å²) in [6, 6.07) is 6.80.